The van der Waals surface area contributed by atoms with Gasteiger partial charge in [-0.05, 0) is 60.7 Å². The highest BCUT2D eigenvalue weighted by Crippen LogP contribution is 2.30. The fraction of sp³-hybridized carbons (Fsp3) is 0.250. The van der Waals surface area contributed by atoms with Gasteiger partial charge in [0.05, 0.1) is 10.7 Å². The van der Waals surface area contributed by atoms with Gasteiger partial charge in [-0.2, -0.15) is 0 Å². The van der Waals surface area contributed by atoms with E-state index < -0.39 is 0 Å². The molecule has 0 heterocycles. The molecule has 1 aliphatic rings. The molecule has 3 rings (SSSR count). The Kier molecular flexibility index (Phi) is 4.25. The van der Waals surface area contributed by atoms with E-state index in [-0.39, 0.29) is 0 Å². The quantitative estimate of drug-likeness (QED) is 0.712. The first-order valence-electron chi connectivity index (χ1n) is 6.61. The maximum Gasteiger partial charge on any atom is 0.0638 e. The first kappa shape index (κ1) is 14.2. The predicted octanol–water partition coefficient (Wildman–Crippen LogP) is 5.73. The molecule has 4 heteroatoms. The molecule has 0 radical (unpaired) electrons. The zero-order valence-corrected chi connectivity index (χ0v) is 13.9. The minimum absolute atomic E-state index is 0.402. The first-order valence-corrected chi connectivity index (χ1v) is 8.15. The van der Waals surface area contributed by atoms with Gasteiger partial charge in [0.15, 0.2) is 0 Å². The number of hydrogen-bond donors (Lipinski definition) is 1. The van der Waals surface area contributed by atoms with E-state index in [1.807, 2.05) is 18.2 Å². The van der Waals surface area contributed by atoms with Crippen molar-refractivity contribution in [2.45, 2.75) is 25.3 Å². The third-order valence-electron chi connectivity index (χ3n) is 3.68. The Hall–Kier alpha value is -0.700. The number of halogens is 3. The van der Waals surface area contributed by atoms with Gasteiger partial charge in [-0.15, -0.1) is 0 Å². The number of anilines is 1. The van der Waals surface area contributed by atoms with E-state index in [4.69, 9.17) is 23.2 Å². The van der Waals surface area contributed by atoms with E-state index in [9.17, 15) is 0 Å². The number of nitrogens with one attached hydrogen (secondary N) is 1. The van der Waals surface area contributed by atoms with Crippen LogP contribution in [0.25, 0.3) is 0 Å². The Morgan fingerprint density at radius 2 is 1.90 bits per heavy atom. The van der Waals surface area contributed by atoms with Gasteiger partial charge >= 0.3 is 0 Å². The maximum atomic E-state index is 6.21. The standard InChI is InChI=1S/C16H14BrCl2N/c17-12-3-1-11-8-14(5-2-10(11)7-12)20-16-9-13(18)4-6-15(16)19/h1,3-4,6-7,9,14,20H,2,5,8H2. The third kappa shape index (κ3) is 3.13. The van der Waals surface area contributed by atoms with Crippen LogP contribution in [0.2, 0.25) is 10.0 Å². The predicted molar refractivity (Wildman–Crippen MR) is 90.0 cm³/mol. The van der Waals surface area contributed by atoms with Crippen molar-refractivity contribution in [3.8, 4) is 0 Å². The lowest BCUT2D eigenvalue weighted by atomic mass is 9.88. The summed E-state index contributed by atoms with van der Waals surface area (Å²) in [5, 5.41) is 4.94. The third-order valence-corrected chi connectivity index (χ3v) is 4.74. The van der Waals surface area contributed by atoms with Crippen molar-refractivity contribution in [3.05, 3.63) is 62.0 Å². The Bertz CT molecular complexity index is 642. The van der Waals surface area contributed by atoms with Crippen LogP contribution in [0.5, 0.6) is 0 Å². The molecule has 0 saturated heterocycles. The van der Waals surface area contributed by atoms with Crippen molar-refractivity contribution < 1.29 is 0 Å². The molecule has 1 aliphatic carbocycles. The summed E-state index contributed by atoms with van der Waals surface area (Å²) in [4.78, 5) is 0. The maximum absolute atomic E-state index is 6.21. The molecule has 2 aromatic rings. The Morgan fingerprint density at radius 1 is 1.05 bits per heavy atom. The molecule has 20 heavy (non-hydrogen) atoms. The highest BCUT2D eigenvalue weighted by molar-refractivity contribution is 9.10. The molecule has 104 valence electrons. The van der Waals surface area contributed by atoms with E-state index in [0.717, 1.165) is 34.4 Å². The molecule has 0 bridgehead atoms. The normalized spacial score (nSPS) is 17.6. The highest BCUT2D eigenvalue weighted by Gasteiger charge is 2.19. The molecular formula is C16H14BrCl2N. The van der Waals surface area contributed by atoms with Crippen LogP contribution >= 0.6 is 39.1 Å². The molecule has 1 N–H and O–H groups in total. The van der Waals surface area contributed by atoms with Crippen molar-refractivity contribution >= 4 is 44.8 Å². The van der Waals surface area contributed by atoms with Crippen molar-refractivity contribution in [2.75, 3.05) is 5.32 Å². The summed E-state index contributed by atoms with van der Waals surface area (Å²) in [6.45, 7) is 0. The zero-order chi connectivity index (χ0) is 14.1. The molecule has 2 aromatic carbocycles. The molecule has 1 unspecified atom stereocenters. The van der Waals surface area contributed by atoms with E-state index >= 15 is 0 Å². The largest absolute Gasteiger partial charge is 0.381 e. The number of fused-ring (bicyclic) bond motifs is 1. The summed E-state index contributed by atoms with van der Waals surface area (Å²) in [5.74, 6) is 0. The molecule has 0 aromatic heterocycles. The van der Waals surface area contributed by atoms with E-state index in [1.165, 1.54) is 11.1 Å². The summed E-state index contributed by atoms with van der Waals surface area (Å²) in [6.07, 6.45) is 3.21. The van der Waals surface area contributed by atoms with Gasteiger partial charge in [0.1, 0.15) is 0 Å². The van der Waals surface area contributed by atoms with E-state index in [0.29, 0.717) is 11.1 Å². The number of hydrogen-bond acceptors (Lipinski definition) is 1. The van der Waals surface area contributed by atoms with Gasteiger partial charge in [-0.3, -0.25) is 0 Å². The molecule has 0 spiro atoms. The Balaban J connectivity index is 1.77. The monoisotopic (exact) mass is 369 g/mol. The van der Waals surface area contributed by atoms with Crippen molar-refractivity contribution in [1.82, 2.24) is 0 Å². The van der Waals surface area contributed by atoms with Crippen LogP contribution in [0.3, 0.4) is 0 Å². The summed E-state index contributed by atoms with van der Waals surface area (Å²) in [6, 6.07) is 12.5. The molecule has 1 nitrogen and oxygen atoms in total. The average molecular weight is 371 g/mol. The van der Waals surface area contributed by atoms with Crippen LogP contribution in [0.4, 0.5) is 5.69 Å². The van der Waals surface area contributed by atoms with E-state index in [1.54, 1.807) is 0 Å². The fourth-order valence-electron chi connectivity index (χ4n) is 2.67. The van der Waals surface area contributed by atoms with Gasteiger partial charge < -0.3 is 5.32 Å². The van der Waals surface area contributed by atoms with Crippen molar-refractivity contribution in [2.24, 2.45) is 0 Å². The van der Waals surface area contributed by atoms with Crippen molar-refractivity contribution in [1.29, 1.82) is 0 Å². The van der Waals surface area contributed by atoms with Crippen LogP contribution < -0.4 is 5.32 Å². The first-order chi connectivity index (χ1) is 9.61. The lowest BCUT2D eigenvalue weighted by Crippen LogP contribution is -2.27. The summed E-state index contributed by atoms with van der Waals surface area (Å²) in [5.41, 5.74) is 3.77. The summed E-state index contributed by atoms with van der Waals surface area (Å²) < 4.78 is 1.15. The SMILES string of the molecule is Clc1ccc(Cl)c(NC2CCc3cc(Br)ccc3C2)c1. The van der Waals surface area contributed by atoms with E-state index in [2.05, 4.69) is 39.4 Å². The topological polar surface area (TPSA) is 12.0 Å². The smallest absolute Gasteiger partial charge is 0.0638 e. The lowest BCUT2D eigenvalue weighted by molar-refractivity contribution is 0.610. The number of benzene rings is 2. The summed E-state index contributed by atoms with van der Waals surface area (Å²) >= 11 is 15.8. The van der Waals surface area contributed by atoms with Gasteiger partial charge in [-0.25, -0.2) is 0 Å². The zero-order valence-electron chi connectivity index (χ0n) is 10.8. The lowest BCUT2D eigenvalue weighted by Gasteiger charge is -2.27. The fourth-order valence-corrected chi connectivity index (χ4v) is 3.43. The van der Waals surface area contributed by atoms with Crippen LogP contribution in [-0.4, -0.2) is 6.04 Å². The molecule has 0 amide bonds. The van der Waals surface area contributed by atoms with Gasteiger partial charge in [0.25, 0.3) is 0 Å². The average Bonchev–Trinajstić information content (AvgIpc) is 2.43. The highest BCUT2D eigenvalue weighted by atomic mass is 79.9. The second-order valence-corrected chi connectivity index (χ2v) is 6.88. The van der Waals surface area contributed by atoms with Crippen LogP contribution in [0, 0.1) is 0 Å². The van der Waals surface area contributed by atoms with Gasteiger partial charge in [-0.1, -0.05) is 45.2 Å². The minimum atomic E-state index is 0.402. The molecular weight excluding hydrogens is 357 g/mol. The molecule has 0 saturated carbocycles. The molecule has 0 aliphatic heterocycles. The summed E-state index contributed by atoms with van der Waals surface area (Å²) in [7, 11) is 0. The second-order valence-electron chi connectivity index (χ2n) is 5.12. The van der Waals surface area contributed by atoms with Crippen LogP contribution in [0.1, 0.15) is 17.5 Å². The number of aryl methyl sites for hydroxylation is 1. The number of rotatable bonds is 2. The van der Waals surface area contributed by atoms with Crippen molar-refractivity contribution in [3.63, 3.8) is 0 Å². The molecule has 1 atom stereocenters. The Morgan fingerprint density at radius 3 is 2.75 bits per heavy atom. The Labute approximate surface area is 137 Å². The van der Waals surface area contributed by atoms with Gasteiger partial charge in [0, 0.05) is 15.5 Å². The second kappa shape index (κ2) is 5.97. The molecule has 0 fully saturated rings. The minimum Gasteiger partial charge on any atom is -0.381 e. The van der Waals surface area contributed by atoms with Crippen LogP contribution in [-0.2, 0) is 12.8 Å². The van der Waals surface area contributed by atoms with Gasteiger partial charge in [0.2, 0.25) is 0 Å². The van der Waals surface area contributed by atoms with Crippen LogP contribution in [0.15, 0.2) is 40.9 Å².